The molecule has 1 saturated carbocycles. The summed E-state index contributed by atoms with van der Waals surface area (Å²) in [7, 11) is 0. The van der Waals surface area contributed by atoms with Crippen LogP contribution in [0.15, 0.2) is 41.5 Å². The van der Waals surface area contributed by atoms with Crippen LogP contribution in [0.3, 0.4) is 0 Å². The zero-order chi connectivity index (χ0) is 15.2. The van der Waals surface area contributed by atoms with Crippen LogP contribution in [0.25, 0.3) is 0 Å². The molecule has 3 heteroatoms. The van der Waals surface area contributed by atoms with E-state index in [4.69, 9.17) is 4.74 Å². The summed E-state index contributed by atoms with van der Waals surface area (Å²) in [5.74, 6) is 0.290. The maximum atomic E-state index is 11.7. The summed E-state index contributed by atoms with van der Waals surface area (Å²) >= 11 is 0. The van der Waals surface area contributed by atoms with Crippen LogP contribution < -0.4 is 0 Å². The molecule has 0 N–H and O–H groups in total. The van der Waals surface area contributed by atoms with E-state index in [0.717, 1.165) is 23.8 Å². The Balaban J connectivity index is 2.08. The van der Waals surface area contributed by atoms with Gasteiger partial charge in [0, 0.05) is 18.8 Å². The molecule has 0 radical (unpaired) electrons. The Hall–Kier alpha value is -1.74. The molecule has 0 aromatic heterocycles. The number of carbonyl (C=O) groups excluding carboxylic acids is 2. The molecule has 0 aliphatic heterocycles. The second-order valence-electron chi connectivity index (χ2n) is 5.71. The van der Waals surface area contributed by atoms with Gasteiger partial charge in [0.2, 0.25) is 0 Å². The highest BCUT2D eigenvalue weighted by Crippen LogP contribution is 2.32. The number of benzene rings is 1. The van der Waals surface area contributed by atoms with Crippen LogP contribution in [0.2, 0.25) is 0 Å². The van der Waals surface area contributed by atoms with Crippen molar-refractivity contribution in [3.8, 4) is 0 Å². The Labute approximate surface area is 126 Å². The van der Waals surface area contributed by atoms with E-state index in [-0.39, 0.29) is 17.8 Å². The average Bonchev–Trinajstić information content (AvgIpc) is 2.53. The molecule has 2 unspecified atom stereocenters. The summed E-state index contributed by atoms with van der Waals surface area (Å²) in [6, 6.07) is 10.0. The lowest BCUT2D eigenvalue weighted by Crippen LogP contribution is -2.33. The number of carbonyl (C=O) groups is 2. The lowest BCUT2D eigenvalue weighted by atomic mass is 9.79. The number of ketones is 1. The molecule has 1 aromatic carbocycles. The zero-order valence-electron chi connectivity index (χ0n) is 12.7. The van der Waals surface area contributed by atoms with Gasteiger partial charge >= 0.3 is 0 Å². The first-order chi connectivity index (χ1) is 10.1. The standard InChI is InChI=1S/C18H22O3/c1-13(11-19)14(2)17-10-16(20)8-9-18(17)21-12-15-6-4-3-5-7-15/h3-7,11,17-18H,8-10,12H2,1-2H3. The van der Waals surface area contributed by atoms with Crippen LogP contribution >= 0.6 is 0 Å². The summed E-state index contributed by atoms with van der Waals surface area (Å²) in [5, 5.41) is 0. The molecule has 0 bridgehead atoms. The van der Waals surface area contributed by atoms with Crippen molar-refractivity contribution in [1.29, 1.82) is 0 Å². The largest absolute Gasteiger partial charge is 0.373 e. The number of Topliss-reactive ketones (excluding diaryl/α,β-unsaturated/α-hetero) is 1. The number of aldehydes is 1. The van der Waals surface area contributed by atoms with Crippen LogP contribution in [0.4, 0.5) is 0 Å². The van der Waals surface area contributed by atoms with Crippen molar-refractivity contribution in [2.24, 2.45) is 5.92 Å². The van der Waals surface area contributed by atoms with Crippen LogP contribution in [-0.2, 0) is 20.9 Å². The smallest absolute Gasteiger partial charge is 0.145 e. The molecule has 0 heterocycles. The fourth-order valence-corrected chi connectivity index (χ4v) is 2.78. The summed E-state index contributed by atoms with van der Waals surface area (Å²) in [5.41, 5.74) is 2.82. The van der Waals surface area contributed by atoms with E-state index < -0.39 is 0 Å². The second-order valence-corrected chi connectivity index (χ2v) is 5.71. The zero-order valence-corrected chi connectivity index (χ0v) is 12.7. The summed E-state index contributed by atoms with van der Waals surface area (Å²) in [6.07, 6.45) is 2.67. The molecular formula is C18H22O3. The molecule has 0 amide bonds. The molecular weight excluding hydrogens is 264 g/mol. The van der Waals surface area contributed by atoms with Crippen molar-refractivity contribution in [3.05, 3.63) is 47.0 Å². The van der Waals surface area contributed by atoms with Crippen LogP contribution in [-0.4, -0.2) is 18.2 Å². The van der Waals surface area contributed by atoms with Gasteiger partial charge in [0.1, 0.15) is 12.1 Å². The van der Waals surface area contributed by atoms with E-state index >= 15 is 0 Å². The molecule has 3 nitrogen and oxygen atoms in total. The van der Waals surface area contributed by atoms with Crippen molar-refractivity contribution in [2.75, 3.05) is 0 Å². The van der Waals surface area contributed by atoms with Gasteiger partial charge in [0.05, 0.1) is 12.7 Å². The molecule has 21 heavy (non-hydrogen) atoms. The minimum atomic E-state index is 0.0119. The van der Waals surface area contributed by atoms with Crippen molar-refractivity contribution in [2.45, 2.75) is 45.8 Å². The highest BCUT2D eigenvalue weighted by molar-refractivity contribution is 5.81. The molecule has 1 aliphatic carbocycles. The number of ether oxygens (including phenoxy) is 1. The highest BCUT2D eigenvalue weighted by Gasteiger charge is 2.31. The molecule has 1 fully saturated rings. The Kier molecular flexibility index (Phi) is 5.45. The maximum Gasteiger partial charge on any atom is 0.145 e. The first kappa shape index (κ1) is 15.6. The molecule has 0 saturated heterocycles. The average molecular weight is 286 g/mol. The van der Waals surface area contributed by atoms with Gasteiger partial charge in [-0.15, -0.1) is 0 Å². The molecule has 2 atom stereocenters. The molecule has 2 rings (SSSR count). The normalized spacial score (nSPS) is 23.6. The lowest BCUT2D eigenvalue weighted by Gasteiger charge is -2.32. The van der Waals surface area contributed by atoms with Gasteiger partial charge in [-0.3, -0.25) is 9.59 Å². The van der Waals surface area contributed by atoms with Crippen molar-refractivity contribution in [1.82, 2.24) is 0 Å². The van der Waals surface area contributed by atoms with Crippen LogP contribution in [0, 0.1) is 5.92 Å². The Morgan fingerprint density at radius 1 is 1.29 bits per heavy atom. The van der Waals surface area contributed by atoms with Crippen molar-refractivity contribution in [3.63, 3.8) is 0 Å². The van der Waals surface area contributed by atoms with Gasteiger partial charge in [0.25, 0.3) is 0 Å². The monoisotopic (exact) mass is 286 g/mol. The predicted molar refractivity (Wildman–Crippen MR) is 81.8 cm³/mol. The summed E-state index contributed by atoms with van der Waals surface area (Å²) in [6.45, 7) is 4.28. The van der Waals surface area contributed by atoms with Crippen molar-refractivity contribution < 1.29 is 14.3 Å². The molecule has 112 valence electrons. The fourth-order valence-electron chi connectivity index (χ4n) is 2.78. The SMILES string of the molecule is CC(C=O)=C(C)C1CC(=O)CCC1OCc1ccccc1. The van der Waals surface area contributed by atoms with Crippen LogP contribution in [0.1, 0.15) is 38.7 Å². The summed E-state index contributed by atoms with van der Waals surface area (Å²) < 4.78 is 6.04. The number of allylic oxidation sites excluding steroid dienone is 1. The van der Waals surface area contributed by atoms with E-state index in [1.165, 1.54) is 0 Å². The maximum absolute atomic E-state index is 11.7. The number of hydrogen-bond donors (Lipinski definition) is 0. The third kappa shape index (κ3) is 4.11. The first-order valence-electron chi connectivity index (χ1n) is 7.41. The minimum Gasteiger partial charge on any atom is -0.373 e. The van der Waals surface area contributed by atoms with Gasteiger partial charge in [-0.25, -0.2) is 0 Å². The minimum absolute atomic E-state index is 0.0119. The van der Waals surface area contributed by atoms with E-state index in [0.29, 0.717) is 25.0 Å². The van der Waals surface area contributed by atoms with Crippen LogP contribution in [0.5, 0.6) is 0 Å². The van der Waals surface area contributed by atoms with E-state index in [1.807, 2.05) is 37.3 Å². The van der Waals surface area contributed by atoms with Gasteiger partial charge in [0.15, 0.2) is 0 Å². The lowest BCUT2D eigenvalue weighted by molar-refractivity contribution is -0.125. The number of hydrogen-bond acceptors (Lipinski definition) is 3. The van der Waals surface area contributed by atoms with Gasteiger partial charge in [-0.2, -0.15) is 0 Å². The third-order valence-corrected chi connectivity index (χ3v) is 4.27. The van der Waals surface area contributed by atoms with E-state index in [1.54, 1.807) is 6.92 Å². The van der Waals surface area contributed by atoms with Gasteiger partial charge in [-0.1, -0.05) is 35.9 Å². The van der Waals surface area contributed by atoms with E-state index in [2.05, 4.69) is 0 Å². The fraction of sp³-hybridized carbons (Fsp3) is 0.444. The predicted octanol–water partition coefficient (Wildman–Crippen LogP) is 3.48. The Morgan fingerprint density at radius 3 is 2.67 bits per heavy atom. The number of rotatable bonds is 5. The quantitative estimate of drug-likeness (QED) is 0.615. The summed E-state index contributed by atoms with van der Waals surface area (Å²) in [4.78, 5) is 22.7. The molecule has 1 aromatic rings. The second kappa shape index (κ2) is 7.32. The topological polar surface area (TPSA) is 43.4 Å². The van der Waals surface area contributed by atoms with Gasteiger partial charge < -0.3 is 4.74 Å². The first-order valence-corrected chi connectivity index (χ1v) is 7.41. The van der Waals surface area contributed by atoms with E-state index in [9.17, 15) is 9.59 Å². The van der Waals surface area contributed by atoms with Gasteiger partial charge in [-0.05, 0) is 31.4 Å². The van der Waals surface area contributed by atoms with Crippen molar-refractivity contribution >= 4 is 12.1 Å². The highest BCUT2D eigenvalue weighted by atomic mass is 16.5. The molecule has 1 aliphatic rings. The molecule has 0 spiro atoms. The Morgan fingerprint density at radius 2 is 2.00 bits per heavy atom. The Bertz CT molecular complexity index is 531. The third-order valence-electron chi connectivity index (χ3n) is 4.27.